The number of nitrogens with one attached hydrogen (secondary N) is 1. The van der Waals surface area contributed by atoms with Crippen LogP contribution in [0.15, 0.2) is 0 Å². The molecule has 0 aliphatic carbocycles. The maximum Gasteiger partial charge on any atom is 0.237 e. The molecule has 15 heavy (non-hydrogen) atoms. The van der Waals surface area contributed by atoms with Crippen LogP contribution in [-0.2, 0) is 4.79 Å². The van der Waals surface area contributed by atoms with E-state index in [0.29, 0.717) is 6.42 Å². The maximum atomic E-state index is 11.6. The molecule has 90 valence electrons. The minimum Gasteiger partial charge on any atom is -0.396 e. The monoisotopic (exact) mass is 234 g/mol. The van der Waals surface area contributed by atoms with Crippen LogP contribution in [0.3, 0.4) is 0 Å². The van der Waals surface area contributed by atoms with Crippen molar-refractivity contribution < 1.29 is 9.90 Å². The second-order valence-corrected chi connectivity index (χ2v) is 4.85. The van der Waals surface area contributed by atoms with Gasteiger partial charge in [0.15, 0.2) is 0 Å². The number of thioether (sulfide) groups is 1. The number of hydrogen-bond acceptors (Lipinski definition) is 4. The Morgan fingerprint density at radius 1 is 1.53 bits per heavy atom. The van der Waals surface area contributed by atoms with Crippen LogP contribution in [0.25, 0.3) is 0 Å². The van der Waals surface area contributed by atoms with Gasteiger partial charge in [0, 0.05) is 18.4 Å². The lowest BCUT2D eigenvalue weighted by Crippen LogP contribution is -2.48. The second-order valence-electron chi connectivity index (χ2n) is 3.94. The van der Waals surface area contributed by atoms with Gasteiger partial charge in [0.2, 0.25) is 5.91 Å². The minimum atomic E-state index is -0.465. The molecule has 2 atom stereocenters. The Bertz CT molecular complexity index is 182. The van der Waals surface area contributed by atoms with Crippen LogP contribution in [0.5, 0.6) is 0 Å². The summed E-state index contributed by atoms with van der Waals surface area (Å²) in [5.74, 6) is 0.809. The van der Waals surface area contributed by atoms with Crippen molar-refractivity contribution >= 4 is 17.7 Å². The lowest BCUT2D eigenvalue weighted by molar-refractivity contribution is -0.123. The van der Waals surface area contributed by atoms with Gasteiger partial charge in [-0.1, -0.05) is 13.8 Å². The molecule has 1 amide bonds. The molecule has 4 nitrogen and oxygen atoms in total. The summed E-state index contributed by atoms with van der Waals surface area (Å²) in [5, 5.41) is 11.7. The Morgan fingerprint density at radius 3 is 2.53 bits per heavy atom. The van der Waals surface area contributed by atoms with E-state index in [9.17, 15) is 4.79 Å². The molecule has 0 rings (SSSR count). The van der Waals surface area contributed by atoms with Crippen molar-refractivity contribution in [2.45, 2.75) is 32.4 Å². The van der Waals surface area contributed by atoms with Gasteiger partial charge >= 0.3 is 0 Å². The van der Waals surface area contributed by atoms with E-state index in [1.54, 1.807) is 11.8 Å². The molecule has 5 heteroatoms. The molecule has 0 radical (unpaired) electrons. The van der Waals surface area contributed by atoms with Crippen molar-refractivity contribution in [2.75, 3.05) is 18.6 Å². The number of hydrogen-bond donors (Lipinski definition) is 3. The predicted octanol–water partition coefficient (Wildman–Crippen LogP) is 0.200. The number of carbonyl (C=O) groups is 1. The topological polar surface area (TPSA) is 75.3 Å². The standard InChI is InChI=1S/C10H22N2O2S/c1-7(2)9(11)10(14)12-8(4-5-13)6-15-3/h7-9,13H,4-6,11H2,1-3H3,(H,12,14)/t8?,9-/m0/s1. The first-order valence-corrected chi connectivity index (χ1v) is 6.58. The van der Waals surface area contributed by atoms with Crippen molar-refractivity contribution in [3.05, 3.63) is 0 Å². The average Bonchev–Trinajstić information content (AvgIpc) is 2.17. The van der Waals surface area contributed by atoms with E-state index in [1.165, 1.54) is 0 Å². The summed E-state index contributed by atoms with van der Waals surface area (Å²) in [4.78, 5) is 11.6. The number of rotatable bonds is 7. The smallest absolute Gasteiger partial charge is 0.237 e. The Labute approximate surface area is 96.0 Å². The van der Waals surface area contributed by atoms with Crippen molar-refractivity contribution in [3.8, 4) is 0 Å². The molecule has 0 heterocycles. The first kappa shape index (κ1) is 14.7. The van der Waals surface area contributed by atoms with Gasteiger partial charge in [-0.15, -0.1) is 0 Å². The highest BCUT2D eigenvalue weighted by atomic mass is 32.2. The fraction of sp³-hybridized carbons (Fsp3) is 0.900. The molecule has 0 aromatic heterocycles. The maximum absolute atomic E-state index is 11.6. The normalized spacial score (nSPS) is 15.1. The van der Waals surface area contributed by atoms with E-state index in [-0.39, 0.29) is 24.5 Å². The van der Waals surface area contributed by atoms with Crippen LogP contribution >= 0.6 is 11.8 Å². The molecule has 0 aliphatic rings. The fourth-order valence-corrected chi connectivity index (χ4v) is 1.81. The van der Waals surface area contributed by atoms with Crippen LogP contribution in [-0.4, -0.2) is 41.7 Å². The summed E-state index contributed by atoms with van der Waals surface area (Å²) in [6.07, 6.45) is 2.55. The van der Waals surface area contributed by atoms with Gasteiger partial charge in [-0.3, -0.25) is 4.79 Å². The highest BCUT2D eigenvalue weighted by molar-refractivity contribution is 7.98. The zero-order chi connectivity index (χ0) is 11.8. The highest BCUT2D eigenvalue weighted by Crippen LogP contribution is 2.04. The number of carbonyl (C=O) groups excluding carboxylic acids is 1. The third-order valence-corrected chi connectivity index (χ3v) is 2.95. The number of amides is 1. The molecule has 4 N–H and O–H groups in total. The molecule has 0 fully saturated rings. The van der Waals surface area contributed by atoms with Gasteiger partial charge in [0.05, 0.1) is 6.04 Å². The van der Waals surface area contributed by atoms with Crippen LogP contribution in [0.2, 0.25) is 0 Å². The predicted molar refractivity (Wildman–Crippen MR) is 64.8 cm³/mol. The van der Waals surface area contributed by atoms with Crippen LogP contribution in [0.4, 0.5) is 0 Å². The first-order valence-electron chi connectivity index (χ1n) is 5.18. The molecule has 0 aliphatic heterocycles. The van der Waals surface area contributed by atoms with Crippen LogP contribution in [0.1, 0.15) is 20.3 Å². The van der Waals surface area contributed by atoms with Crippen LogP contribution < -0.4 is 11.1 Å². The lowest BCUT2D eigenvalue weighted by Gasteiger charge is -2.21. The van der Waals surface area contributed by atoms with Gasteiger partial charge in [-0.05, 0) is 18.6 Å². The van der Waals surface area contributed by atoms with E-state index < -0.39 is 6.04 Å². The lowest BCUT2D eigenvalue weighted by atomic mass is 10.0. The highest BCUT2D eigenvalue weighted by Gasteiger charge is 2.19. The fourth-order valence-electron chi connectivity index (χ4n) is 1.15. The van der Waals surface area contributed by atoms with E-state index >= 15 is 0 Å². The molecule has 0 aromatic rings. The van der Waals surface area contributed by atoms with E-state index in [0.717, 1.165) is 5.75 Å². The Hall–Kier alpha value is -0.260. The van der Waals surface area contributed by atoms with E-state index in [2.05, 4.69) is 5.32 Å². The van der Waals surface area contributed by atoms with Crippen molar-refractivity contribution in [1.29, 1.82) is 0 Å². The summed E-state index contributed by atoms with van der Waals surface area (Å²) in [6, 6.07) is -0.449. The first-order chi connectivity index (χ1) is 7.02. The molecule has 0 spiro atoms. The molecular formula is C10H22N2O2S. The zero-order valence-electron chi connectivity index (χ0n) is 9.69. The Kier molecular flexibility index (Phi) is 7.82. The quantitative estimate of drug-likeness (QED) is 0.588. The van der Waals surface area contributed by atoms with E-state index in [4.69, 9.17) is 10.8 Å². The SMILES string of the molecule is CSCC(CCO)NC(=O)[C@@H](N)C(C)C. The average molecular weight is 234 g/mol. The Balaban J connectivity index is 4.09. The molecular weight excluding hydrogens is 212 g/mol. The third kappa shape index (κ3) is 6.02. The summed E-state index contributed by atoms with van der Waals surface area (Å²) in [5.41, 5.74) is 5.72. The number of aliphatic hydroxyl groups is 1. The molecule has 0 saturated heterocycles. The second kappa shape index (κ2) is 7.96. The largest absolute Gasteiger partial charge is 0.396 e. The molecule has 1 unspecified atom stereocenters. The Morgan fingerprint density at radius 2 is 2.13 bits per heavy atom. The molecule has 0 saturated carbocycles. The summed E-state index contributed by atoms with van der Waals surface area (Å²) < 4.78 is 0. The van der Waals surface area contributed by atoms with Gasteiger partial charge in [0.25, 0.3) is 0 Å². The summed E-state index contributed by atoms with van der Waals surface area (Å²) >= 11 is 1.65. The summed E-state index contributed by atoms with van der Waals surface area (Å²) in [6.45, 7) is 3.92. The van der Waals surface area contributed by atoms with Crippen molar-refractivity contribution in [3.63, 3.8) is 0 Å². The van der Waals surface area contributed by atoms with E-state index in [1.807, 2.05) is 20.1 Å². The van der Waals surface area contributed by atoms with Gasteiger partial charge in [-0.25, -0.2) is 0 Å². The van der Waals surface area contributed by atoms with Crippen LogP contribution in [0, 0.1) is 5.92 Å². The number of nitrogens with two attached hydrogens (primary N) is 1. The van der Waals surface area contributed by atoms with Gasteiger partial charge in [0.1, 0.15) is 0 Å². The third-order valence-electron chi connectivity index (χ3n) is 2.21. The molecule has 0 aromatic carbocycles. The van der Waals surface area contributed by atoms with Crippen molar-refractivity contribution in [1.82, 2.24) is 5.32 Å². The van der Waals surface area contributed by atoms with Gasteiger partial charge in [-0.2, -0.15) is 11.8 Å². The zero-order valence-corrected chi connectivity index (χ0v) is 10.5. The van der Waals surface area contributed by atoms with Gasteiger partial charge < -0.3 is 16.2 Å². The molecule has 0 bridgehead atoms. The number of aliphatic hydroxyl groups excluding tert-OH is 1. The van der Waals surface area contributed by atoms with Crippen molar-refractivity contribution in [2.24, 2.45) is 11.7 Å². The minimum absolute atomic E-state index is 0.0160. The summed E-state index contributed by atoms with van der Waals surface area (Å²) in [7, 11) is 0.